The summed E-state index contributed by atoms with van der Waals surface area (Å²) in [6, 6.07) is 7.81. The van der Waals surface area contributed by atoms with Crippen molar-refractivity contribution in [3.63, 3.8) is 0 Å². The minimum atomic E-state index is 0.0691. The van der Waals surface area contributed by atoms with Gasteiger partial charge in [-0.3, -0.25) is 9.20 Å². The first-order valence-electron chi connectivity index (χ1n) is 8.59. The van der Waals surface area contributed by atoms with Crippen LogP contribution in [0.15, 0.2) is 42.2 Å². The molecule has 130 valence electrons. The highest BCUT2D eigenvalue weighted by Gasteiger charge is 2.31. The van der Waals surface area contributed by atoms with Gasteiger partial charge < -0.3 is 9.64 Å². The molecule has 0 saturated carbocycles. The molecule has 1 unspecified atom stereocenters. The number of hydrogen-bond acceptors (Lipinski definition) is 4. The van der Waals surface area contributed by atoms with E-state index in [1.54, 1.807) is 18.4 Å². The van der Waals surface area contributed by atoms with Crippen LogP contribution in [0.1, 0.15) is 36.6 Å². The molecule has 0 spiro atoms. The quantitative estimate of drug-likeness (QED) is 0.717. The maximum atomic E-state index is 13.1. The number of ether oxygens (including phenoxy) is 1. The molecule has 25 heavy (non-hydrogen) atoms. The van der Waals surface area contributed by atoms with Crippen LogP contribution in [-0.4, -0.2) is 33.8 Å². The van der Waals surface area contributed by atoms with E-state index >= 15 is 0 Å². The predicted octanol–water partition coefficient (Wildman–Crippen LogP) is 3.70. The minimum absolute atomic E-state index is 0.0691. The van der Waals surface area contributed by atoms with Crippen LogP contribution < -0.4 is 4.74 Å². The van der Waals surface area contributed by atoms with E-state index in [9.17, 15) is 4.79 Å². The summed E-state index contributed by atoms with van der Waals surface area (Å²) in [6.07, 6.45) is 7.38. The van der Waals surface area contributed by atoms with Gasteiger partial charge >= 0.3 is 0 Å². The van der Waals surface area contributed by atoms with Gasteiger partial charge in [0, 0.05) is 23.7 Å². The van der Waals surface area contributed by atoms with Gasteiger partial charge in [0.1, 0.15) is 16.9 Å². The maximum absolute atomic E-state index is 13.1. The number of carbonyl (C=O) groups excluding carboxylic acids is 1. The van der Waals surface area contributed by atoms with Crippen molar-refractivity contribution in [2.24, 2.45) is 0 Å². The fourth-order valence-corrected chi connectivity index (χ4v) is 4.47. The van der Waals surface area contributed by atoms with E-state index in [1.807, 2.05) is 46.1 Å². The summed E-state index contributed by atoms with van der Waals surface area (Å²) in [4.78, 5) is 20.8. The molecule has 4 rings (SSSR count). The molecule has 0 N–H and O–H groups in total. The number of likely N-dealkylation sites (tertiary alicyclic amines) is 1. The zero-order valence-electron chi connectivity index (χ0n) is 14.2. The molecule has 1 fully saturated rings. The van der Waals surface area contributed by atoms with Crippen molar-refractivity contribution in [3.8, 4) is 5.75 Å². The second-order valence-corrected chi connectivity index (χ2v) is 7.23. The van der Waals surface area contributed by atoms with Crippen LogP contribution in [-0.2, 0) is 11.2 Å². The number of thiazole rings is 1. The molecule has 3 aromatic rings. The summed E-state index contributed by atoms with van der Waals surface area (Å²) >= 11 is 1.68. The number of benzene rings is 1. The normalized spacial score (nSPS) is 17.8. The summed E-state index contributed by atoms with van der Waals surface area (Å²) in [5.41, 5.74) is 1.97. The molecule has 1 saturated heterocycles. The highest BCUT2D eigenvalue weighted by Crippen LogP contribution is 2.34. The van der Waals surface area contributed by atoms with E-state index in [0.717, 1.165) is 47.6 Å². The lowest BCUT2D eigenvalue weighted by molar-refractivity contribution is -0.134. The molecule has 3 heterocycles. The van der Waals surface area contributed by atoms with Gasteiger partial charge in [-0.25, -0.2) is 4.98 Å². The van der Waals surface area contributed by atoms with Crippen LogP contribution in [0.3, 0.4) is 0 Å². The fraction of sp³-hybridized carbons (Fsp3) is 0.368. The number of fused-ring (bicyclic) bond motifs is 1. The van der Waals surface area contributed by atoms with Crippen molar-refractivity contribution in [3.05, 3.63) is 53.4 Å². The van der Waals surface area contributed by atoms with E-state index in [2.05, 4.69) is 10.4 Å². The molecule has 5 nitrogen and oxygen atoms in total. The zero-order valence-corrected chi connectivity index (χ0v) is 15.0. The van der Waals surface area contributed by atoms with Crippen molar-refractivity contribution < 1.29 is 9.53 Å². The number of rotatable bonds is 4. The van der Waals surface area contributed by atoms with Gasteiger partial charge in [0.2, 0.25) is 5.91 Å². The lowest BCUT2D eigenvalue weighted by Crippen LogP contribution is -2.39. The van der Waals surface area contributed by atoms with Gasteiger partial charge in [-0.15, -0.1) is 11.3 Å². The summed E-state index contributed by atoms with van der Waals surface area (Å²) in [7, 11) is 1.64. The van der Waals surface area contributed by atoms with E-state index < -0.39 is 0 Å². The Balaban J connectivity index is 1.60. The highest BCUT2D eigenvalue weighted by atomic mass is 32.1. The summed E-state index contributed by atoms with van der Waals surface area (Å²) in [5.74, 6) is 0.916. The Kier molecular flexibility index (Phi) is 4.44. The van der Waals surface area contributed by atoms with Crippen molar-refractivity contribution >= 4 is 22.1 Å². The largest absolute Gasteiger partial charge is 0.496 e. The standard InChI is InChI=1S/C19H21N3O2S/c1-24-16-8-3-2-6-14(16)12-17(23)22-9-5-4-7-15(22)18-19-21(13-20-18)10-11-25-19/h2-3,6,8,10-11,13,15H,4-5,7,9,12H2,1H3. The predicted molar refractivity (Wildman–Crippen MR) is 98.1 cm³/mol. The van der Waals surface area contributed by atoms with Crippen LogP contribution in [0, 0.1) is 0 Å². The van der Waals surface area contributed by atoms with Crippen molar-refractivity contribution in [2.45, 2.75) is 31.7 Å². The third kappa shape index (κ3) is 3.02. The molecule has 2 aromatic heterocycles. The first-order valence-corrected chi connectivity index (χ1v) is 9.47. The fourth-order valence-electron chi connectivity index (χ4n) is 3.61. The van der Waals surface area contributed by atoms with Crippen LogP contribution in [0.2, 0.25) is 0 Å². The van der Waals surface area contributed by atoms with Gasteiger partial charge in [-0.05, 0) is 25.3 Å². The highest BCUT2D eigenvalue weighted by molar-refractivity contribution is 7.15. The Morgan fingerprint density at radius 1 is 1.36 bits per heavy atom. The number of piperidine rings is 1. The molecule has 1 amide bonds. The first-order chi connectivity index (χ1) is 12.3. The Hall–Kier alpha value is -2.34. The smallest absolute Gasteiger partial charge is 0.227 e. The SMILES string of the molecule is COc1ccccc1CC(=O)N1CCCCC1c1ncn2ccsc12. The average Bonchev–Trinajstić information content (AvgIpc) is 3.26. The maximum Gasteiger partial charge on any atom is 0.227 e. The van der Waals surface area contributed by atoms with Gasteiger partial charge in [-0.2, -0.15) is 0 Å². The van der Waals surface area contributed by atoms with Gasteiger partial charge in [0.05, 0.1) is 25.3 Å². The number of nitrogens with zero attached hydrogens (tertiary/aromatic N) is 3. The van der Waals surface area contributed by atoms with Crippen LogP contribution in [0.4, 0.5) is 0 Å². The third-order valence-corrected chi connectivity index (χ3v) is 5.75. The van der Waals surface area contributed by atoms with Crippen LogP contribution >= 0.6 is 11.3 Å². The Morgan fingerprint density at radius 3 is 3.12 bits per heavy atom. The molecule has 0 bridgehead atoms. The molecule has 1 aliphatic rings. The lowest BCUT2D eigenvalue weighted by atomic mass is 9.98. The number of methoxy groups -OCH3 is 1. The number of hydrogen-bond donors (Lipinski definition) is 0. The molecular weight excluding hydrogens is 334 g/mol. The number of carbonyl (C=O) groups is 1. The van der Waals surface area contributed by atoms with E-state index in [1.165, 1.54) is 0 Å². The third-order valence-electron chi connectivity index (χ3n) is 4.85. The van der Waals surface area contributed by atoms with Gasteiger partial charge in [-0.1, -0.05) is 18.2 Å². The van der Waals surface area contributed by atoms with Crippen molar-refractivity contribution in [1.82, 2.24) is 14.3 Å². The summed E-state index contributed by atoms with van der Waals surface area (Å²) < 4.78 is 7.43. The molecule has 0 radical (unpaired) electrons. The van der Waals surface area contributed by atoms with Gasteiger partial charge in [0.15, 0.2) is 0 Å². The zero-order chi connectivity index (χ0) is 17.2. The van der Waals surface area contributed by atoms with Crippen LogP contribution in [0.5, 0.6) is 5.75 Å². The van der Waals surface area contributed by atoms with Crippen molar-refractivity contribution in [1.29, 1.82) is 0 Å². The number of aromatic nitrogens is 2. The minimum Gasteiger partial charge on any atom is -0.496 e. The summed E-state index contributed by atoms with van der Waals surface area (Å²) in [6.45, 7) is 0.795. The molecule has 1 aromatic carbocycles. The second-order valence-electron chi connectivity index (χ2n) is 6.33. The lowest BCUT2D eigenvalue weighted by Gasteiger charge is -2.35. The van der Waals surface area contributed by atoms with Crippen molar-refractivity contribution in [2.75, 3.05) is 13.7 Å². The first kappa shape index (κ1) is 16.1. The average molecular weight is 355 g/mol. The van der Waals surface area contributed by atoms with E-state index in [4.69, 9.17) is 4.74 Å². The molecule has 6 heteroatoms. The Morgan fingerprint density at radius 2 is 2.24 bits per heavy atom. The second kappa shape index (κ2) is 6.88. The van der Waals surface area contributed by atoms with Gasteiger partial charge in [0.25, 0.3) is 0 Å². The number of imidazole rings is 1. The van der Waals surface area contributed by atoms with Crippen LogP contribution in [0.25, 0.3) is 4.83 Å². The number of amides is 1. The molecular formula is C19H21N3O2S. The van der Waals surface area contributed by atoms with E-state index in [0.29, 0.717) is 6.42 Å². The topological polar surface area (TPSA) is 46.8 Å². The number of para-hydroxylation sites is 1. The Bertz CT molecular complexity index is 886. The summed E-state index contributed by atoms with van der Waals surface area (Å²) in [5, 5.41) is 2.06. The molecule has 0 aliphatic carbocycles. The Labute approximate surface area is 150 Å². The molecule has 1 atom stereocenters. The van der Waals surface area contributed by atoms with E-state index in [-0.39, 0.29) is 11.9 Å². The monoisotopic (exact) mass is 355 g/mol. The molecule has 1 aliphatic heterocycles.